The van der Waals surface area contributed by atoms with Crippen LogP contribution in [0.3, 0.4) is 0 Å². The van der Waals surface area contributed by atoms with Gasteiger partial charge in [-0.05, 0) is 0 Å². The van der Waals surface area contributed by atoms with Crippen LogP contribution in [0.2, 0.25) is 0 Å². The van der Waals surface area contributed by atoms with Gasteiger partial charge in [0, 0.05) is 28.5 Å². The summed E-state index contributed by atoms with van der Waals surface area (Å²) in [7, 11) is 1.25. The van der Waals surface area contributed by atoms with Crippen LogP contribution in [0.4, 0.5) is 5.69 Å². The molecule has 0 aliphatic heterocycles. The number of hydrogen-bond donors (Lipinski definition) is 0. The lowest BCUT2D eigenvalue weighted by Crippen LogP contribution is -2.01. The van der Waals surface area contributed by atoms with Gasteiger partial charge < -0.3 is 4.57 Å². The van der Waals surface area contributed by atoms with Crippen molar-refractivity contribution < 1.29 is 13.3 Å². The summed E-state index contributed by atoms with van der Waals surface area (Å²) in [5, 5.41) is 10.6. The van der Waals surface area contributed by atoms with E-state index in [0.29, 0.717) is 5.56 Å². The third-order valence-electron chi connectivity index (χ3n) is 2.40. The topological polar surface area (TPSA) is 95.1 Å². The van der Waals surface area contributed by atoms with Crippen molar-refractivity contribution in [2.24, 2.45) is 0 Å². The van der Waals surface area contributed by atoms with Gasteiger partial charge in [-0.2, -0.15) is 0 Å². The Balaban J connectivity index is 2.32. The number of halogens is 1. The Bertz CT molecular complexity index is 726. The van der Waals surface area contributed by atoms with E-state index in [2.05, 4.69) is 4.98 Å². The van der Waals surface area contributed by atoms with Crippen molar-refractivity contribution in [2.45, 2.75) is 11.6 Å². The predicted molar refractivity (Wildman–Crippen MR) is 67.5 cm³/mol. The Hall–Kier alpha value is -1.93. The molecule has 1 heterocycles. The van der Waals surface area contributed by atoms with Crippen LogP contribution in [0.25, 0.3) is 0 Å². The minimum atomic E-state index is -3.89. The molecule has 1 aromatic carbocycles. The first kappa shape index (κ1) is 13.5. The summed E-state index contributed by atoms with van der Waals surface area (Å²) in [6.45, 7) is 0.135. The molecule has 100 valence electrons. The van der Waals surface area contributed by atoms with Crippen molar-refractivity contribution >= 4 is 25.4 Å². The summed E-state index contributed by atoms with van der Waals surface area (Å²) < 4.78 is 23.5. The SMILES string of the molecule is O=[N+]([O-])c1ccccc1Cn1cnc(S(=O)(=O)Cl)c1. The zero-order valence-electron chi connectivity index (χ0n) is 9.43. The van der Waals surface area contributed by atoms with Crippen molar-refractivity contribution in [3.8, 4) is 0 Å². The summed E-state index contributed by atoms with van der Waals surface area (Å²) in [5.74, 6) is 0. The molecule has 0 saturated heterocycles. The first-order chi connectivity index (χ1) is 8.88. The van der Waals surface area contributed by atoms with Gasteiger partial charge in [-0.25, -0.2) is 13.4 Å². The predicted octanol–water partition coefficient (Wildman–Crippen LogP) is 1.77. The van der Waals surface area contributed by atoms with Crippen LogP contribution in [0.1, 0.15) is 5.56 Å². The Kier molecular flexibility index (Phi) is 3.54. The third kappa shape index (κ3) is 3.09. The first-order valence-corrected chi connectivity index (χ1v) is 7.37. The van der Waals surface area contributed by atoms with E-state index >= 15 is 0 Å². The molecule has 0 bridgehead atoms. The van der Waals surface area contributed by atoms with E-state index in [1.807, 2.05) is 0 Å². The fraction of sp³-hybridized carbons (Fsp3) is 0.100. The van der Waals surface area contributed by atoms with Crippen LogP contribution < -0.4 is 0 Å². The molecule has 0 atom stereocenters. The molecule has 0 aliphatic carbocycles. The quantitative estimate of drug-likeness (QED) is 0.487. The molecule has 2 rings (SSSR count). The first-order valence-electron chi connectivity index (χ1n) is 5.06. The summed E-state index contributed by atoms with van der Waals surface area (Å²) in [6.07, 6.45) is 2.48. The highest BCUT2D eigenvalue weighted by atomic mass is 35.7. The van der Waals surface area contributed by atoms with Gasteiger partial charge in [0.2, 0.25) is 0 Å². The van der Waals surface area contributed by atoms with Gasteiger partial charge in [0.05, 0.1) is 17.8 Å². The second-order valence-electron chi connectivity index (χ2n) is 3.71. The monoisotopic (exact) mass is 301 g/mol. The maximum absolute atomic E-state index is 11.1. The van der Waals surface area contributed by atoms with Gasteiger partial charge in [-0.1, -0.05) is 18.2 Å². The van der Waals surface area contributed by atoms with Gasteiger partial charge in [0.15, 0.2) is 5.03 Å². The average Bonchev–Trinajstić information content (AvgIpc) is 2.77. The summed E-state index contributed by atoms with van der Waals surface area (Å²) >= 11 is 0. The minimum absolute atomic E-state index is 0.0357. The van der Waals surface area contributed by atoms with Gasteiger partial charge >= 0.3 is 0 Å². The maximum Gasteiger partial charge on any atom is 0.280 e. The average molecular weight is 302 g/mol. The van der Waals surface area contributed by atoms with E-state index in [9.17, 15) is 18.5 Å². The maximum atomic E-state index is 11.1. The highest BCUT2D eigenvalue weighted by molar-refractivity contribution is 8.13. The zero-order chi connectivity index (χ0) is 14.0. The van der Waals surface area contributed by atoms with Gasteiger partial charge in [-0.15, -0.1) is 0 Å². The molecular weight excluding hydrogens is 294 g/mol. The molecule has 7 nitrogen and oxygen atoms in total. The Labute approximate surface area is 113 Å². The number of para-hydroxylation sites is 1. The van der Waals surface area contributed by atoms with Crippen LogP contribution in [0, 0.1) is 10.1 Å². The molecule has 2 aromatic rings. The Morgan fingerprint density at radius 1 is 1.37 bits per heavy atom. The van der Waals surface area contributed by atoms with Crippen molar-refractivity contribution in [1.82, 2.24) is 9.55 Å². The molecule has 19 heavy (non-hydrogen) atoms. The number of nitrogens with zero attached hydrogens (tertiary/aromatic N) is 3. The van der Waals surface area contributed by atoms with Crippen LogP contribution in [0.15, 0.2) is 41.8 Å². The molecule has 9 heteroatoms. The number of aromatic nitrogens is 2. The number of benzene rings is 1. The molecule has 0 spiro atoms. The van der Waals surface area contributed by atoms with Crippen LogP contribution in [-0.2, 0) is 15.6 Å². The van der Waals surface area contributed by atoms with Gasteiger partial charge in [-0.3, -0.25) is 10.1 Å². The van der Waals surface area contributed by atoms with E-state index in [-0.39, 0.29) is 17.3 Å². The lowest BCUT2D eigenvalue weighted by atomic mass is 10.2. The molecule has 0 aliphatic rings. The summed E-state index contributed by atoms with van der Waals surface area (Å²) in [5.41, 5.74) is 0.412. The van der Waals surface area contributed by atoms with Crippen LogP contribution >= 0.6 is 10.7 Å². The zero-order valence-corrected chi connectivity index (χ0v) is 11.0. The normalized spacial score (nSPS) is 11.4. The summed E-state index contributed by atoms with van der Waals surface area (Å²) in [4.78, 5) is 14.0. The number of nitro benzene ring substituents is 1. The van der Waals surface area contributed by atoms with E-state index in [1.54, 1.807) is 18.2 Å². The Morgan fingerprint density at radius 3 is 2.63 bits per heavy atom. The molecule has 0 N–H and O–H groups in total. The minimum Gasteiger partial charge on any atom is -0.331 e. The standard InChI is InChI=1S/C10H8ClN3O4S/c11-19(17,18)10-6-13(7-12-10)5-8-3-1-2-4-9(8)14(15)16/h1-4,6-7H,5H2. The largest absolute Gasteiger partial charge is 0.331 e. The molecule has 0 unspecified atom stereocenters. The van der Waals surface area contributed by atoms with Crippen LogP contribution in [0.5, 0.6) is 0 Å². The van der Waals surface area contributed by atoms with E-state index < -0.39 is 14.0 Å². The molecule has 0 radical (unpaired) electrons. The fourth-order valence-corrected chi connectivity index (χ4v) is 2.24. The molecule has 0 fully saturated rings. The lowest BCUT2D eigenvalue weighted by Gasteiger charge is -2.03. The smallest absolute Gasteiger partial charge is 0.280 e. The molecule has 0 amide bonds. The number of nitro groups is 1. The summed E-state index contributed by atoms with van der Waals surface area (Å²) in [6, 6.07) is 6.20. The van der Waals surface area contributed by atoms with Crippen molar-refractivity contribution in [3.05, 3.63) is 52.5 Å². The molecular formula is C10H8ClN3O4S. The number of imidazole rings is 1. The second kappa shape index (κ2) is 4.98. The highest BCUT2D eigenvalue weighted by Crippen LogP contribution is 2.19. The van der Waals surface area contributed by atoms with Crippen molar-refractivity contribution in [3.63, 3.8) is 0 Å². The van der Waals surface area contributed by atoms with Gasteiger partial charge in [0.1, 0.15) is 0 Å². The number of hydrogen-bond acceptors (Lipinski definition) is 5. The van der Waals surface area contributed by atoms with E-state index in [4.69, 9.17) is 10.7 Å². The number of rotatable bonds is 4. The van der Waals surface area contributed by atoms with Gasteiger partial charge in [0.25, 0.3) is 14.7 Å². The Morgan fingerprint density at radius 2 is 2.05 bits per heavy atom. The van der Waals surface area contributed by atoms with Crippen molar-refractivity contribution in [2.75, 3.05) is 0 Å². The van der Waals surface area contributed by atoms with Crippen molar-refractivity contribution in [1.29, 1.82) is 0 Å². The second-order valence-corrected chi connectivity index (χ2v) is 6.22. The lowest BCUT2D eigenvalue weighted by molar-refractivity contribution is -0.385. The molecule has 0 saturated carbocycles. The third-order valence-corrected chi connectivity index (χ3v) is 3.59. The van der Waals surface area contributed by atoms with E-state index in [0.717, 1.165) is 0 Å². The fourth-order valence-electron chi connectivity index (χ4n) is 1.57. The van der Waals surface area contributed by atoms with Crippen LogP contribution in [-0.4, -0.2) is 22.9 Å². The van der Waals surface area contributed by atoms with E-state index in [1.165, 1.54) is 23.2 Å². The molecule has 1 aromatic heterocycles. The highest BCUT2D eigenvalue weighted by Gasteiger charge is 2.16.